The van der Waals surface area contributed by atoms with E-state index < -0.39 is 0 Å². The van der Waals surface area contributed by atoms with Crippen molar-refractivity contribution in [1.82, 2.24) is 0 Å². The van der Waals surface area contributed by atoms with Crippen molar-refractivity contribution in [3.05, 3.63) is 29.8 Å². The molecule has 1 rings (SSSR count). The van der Waals surface area contributed by atoms with Gasteiger partial charge in [0.2, 0.25) is 5.91 Å². The summed E-state index contributed by atoms with van der Waals surface area (Å²) >= 11 is 2.06. The molecular formula is C11H14INO. The predicted octanol–water partition coefficient (Wildman–Crippen LogP) is 3.33. The molecule has 0 unspecified atom stereocenters. The number of halogens is 1. The smallest absolute Gasteiger partial charge is 0.238 e. The van der Waals surface area contributed by atoms with Crippen LogP contribution in [0.25, 0.3) is 0 Å². The summed E-state index contributed by atoms with van der Waals surface area (Å²) in [5, 5.41) is 0. The second-order valence-corrected chi connectivity index (χ2v) is 4.53. The number of hydrogen-bond acceptors (Lipinski definition) is 1. The van der Waals surface area contributed by atoms with E-state index >= 15 is 0 Å². The highest BCUT2D eigenvalue weighted by Crippen LogP contribution is 2.24. The molecule has 0 bridgehead atoms. The van der Waals surface area contributed by atoms with Gasteiger partial charge in [0.1, 0.15) is 0 Å². The van der Waals surface area contributed by atoms with Crippen LogP contribution in [0.3, 0.4) is 0 Å². The van der Waals surface area contributed by atoms with Gasteiger partial charge >= 0.3 is 0 Å². The number of carbonyl (C=O) groups is 1. The minimum atomic E-state index is 0.0338. The fraction of sp³-hybridized carbons (Fsp3) is 0.364. The van der Waals surface area contributed by atoms with E-state index in [1.165, 1.54) is 0 Å². The molecule has 0 atom stereocenters. The lowest BCUT2D eigenvalue weighted by Gasteiger charge is -2.18. The number of anilines is 1. The number of amides is 1. The van der Waals surface area contributed by atoms with Gasteiger partial charge in [-0.3, -0.25) is 7.91 Å². The van der Waals surface area contributed by atoms with Crippen LogP contribution < -0.4 is 3.11 Å². The molecule has 0 radical (unpaired) electrons. The Hall–Kier alpha value is -0.580. The third kappa shape index (κ3) is 2.47. The van der Waals surface area contributed by atoms with Crippen LogP contribution in [-0.4, -0.2) is 5.91 Å². The molecule has 0 aliphatic rings. The average Bonchev–Trinajstić information content (AvgIpc) is 2.16. The van der Waals surface area contributed by atoms with E-state index in [4.69, 9.17) is 0 Å². The molecule has 76 valence electrons. The van der Waals surface area contributed by atoms with Gasteiger partial charge in [0.15, 0.2) is 0 Å². The molecular weight excluding hydrogens is 289 g/mol. The maximum absolute atomic E-state index is 11.7. The molecule has 0 spiro atoms. The highest BCUT2D eigenvalue weighted by atomic mass is 127. The van der Waals surface area contributed by atoms with Crippen LogP contribution in [0.15, 0.2) is 24.3 Å². The van der Waals surface area contributed by atoms with Crippen molar-refractivity contribution in [3.63, 3.8) is 0 Å². The van der Waals surface area contributed by atoms with Crippen molar-refractivity contribution in [3.8, 4) is 0 Å². The van der Waals surface area contributed by atoms with E-state index in [0.717, 1.165) is 11.3 Å². The van der Waals surface area contributed by atoms with Crippen molar-refractivity contribution < 1.29 is 4.79 Å². The molecule has 1 aromatic rings. The molecule has 0 saturated carbocycles. The van der Waals surface area contributed by atoms with Crippen LogP contribution in [0.5, 0.6) is 0 Å². The maximum Gasteiger partial charge on any atom is 0.238 e. The van der Waals surface area contributed by atoms with Gasteiger partial charge in [-0.25, -0.2) is 0 Å². The standard InChI is InChI=1S/C11H14INO/c1-8(2)11(14)13(12)10-7-5-4-6-9(10)3/h4-8H,1-3H3. The number of nitrogens with zero attached hydrogens (tertiary/aromatic N) is 1. The van der Waals surface area contributed by atoms with E-state index in [0.29, 0.717) is 0 Å². The Kier molecular flexibility index (Phi) is 3.92. The third-order valence-corrected chi connectivity index (χ3v) is 3.01. The molecule has 0 N–H and O–H groups in total. The quantitative estimate of drug-likeness (QED) is 0.606. The molecule has 0 fully saturated rings. The first-order valence-electron chi connectivity index (χ1n) is 4.59. The molecule has 1 amide bonds. The zero-order chi connectivity index (χ0) is 10.7. The molecule has 2 nitrogen and oxygen atoms in total. The topological polar surface area (TPSA) is 20.3 Å². The lowest BCUT2D eigenvalue weighted by Crippen LogP contribution is -2.25. The van der Waals surface area contributed by atoms with Gasteiger partial charge in [0, 0.05) is 5.92 Å². The molecule has 0 saturated heterocycles. The fourth-order valence-corrected chi connectivity index (χ4v) is 2.23. The Bertz CT molecular complexity index is 336. The second-order valence-electron chi connectivity index (χ2n) is 3.56. The van der Waals surface area contributed by atoms with Gasteiger partial charge in [0.25, 0.3) is 0 Å². The van der Waals surface area contributed by atoms with E-state index in [9.17, 15) is 4.79 Å². The Labute approximate surface area is 98.8 Å². The summed E-state index contributed by atoms with van der Waals surface area (Å²) in [5.74, 6) is 0.173. The van der Waals surface area contributed by atoms with Gasteiger partial charge < -0.3 is 0 Å². The molecule has 0 aliphatic carbocycles. The number of aryl methyl sites for hydroxylation is 1. The zero-order valence-corrected chi connectivity index (χ0v) is 10.8. The minimum Gasteiger partial charge on any atom is -0.273 e. The maximum atomic E-state index is 11.7. The monoisotopic (exact) mass is 303 g/mol. The van der Waals surface area contributed by atoms with Gasteiger partial charge in [0.05, 0.1) is 28.6 Å². The van der Waals surface area contributed by atoms with Crippen LogP contribution in [0.4, 0.5) is 5.69 Å². The second kappa shape index (κ2) is 4.77. The number of carbonyl (C=O) groups excluding carboxylic acids is 1. The lowest BCUT2D eigenvalue weighted by molar-refractivity contribution is -0.119. The van der Waals surface area contributed by atoms with E-state index in [1.807, 2.05) is 45.0 Å². The van der Waals surface area contributed by atoms with Crippen LogP contribution >= 0.6 is 22.9 Å². The highest BCUT2D eigenvalue weighted by Gasteiger charge is 2.17. The molecule has 1 aromatic carbocycles. The predicted molar refractivity (Wildman–Crippen MR) is 67.5 cm³/mol. The van der Waals surface area contributed by atoms with E-state index in [2.05, 4.69) is 22.9 Å². The SMILES string of the molecule is Cc1ccccc1N(I)C(=O)C(C)C. The van der Waals surface area contributed by atoms with E-state index in [1.54, 1.807) is 3.11 Å². The Morgan fingerprint density at radius 1 is 1.36 bits per heavy atom. The first-order chi connectivity index (χ1) is 6.54. The van der Waals surface area contributed by atoms with Gasteiger partial charge in [-0.1, -0.05) is 32.0 Å². The summed E-state index contributed by atoms with van der Waals surface area (Å²) in [6, 6.07) is 7.89. The van der Waals surface area contributed by atoms with Gasteiger partial charge in [-0.2, -0.15) is 0 Å². The summed E-state index contributed by atoms with van der Waals surface area (Å²) in [7, 11) is 0. The summed E-state index contributed by atoms with van der Waals surface area (Å²) < 4.78 is 1.69. The Morgan fingerprint density at radius 2 is 1.93 bits per heavy atom. The van der Waals surface area contributed by atoms with Crippen LogP contribution in [0.2, 0.25) is 0 Å². The van der Waals surface area contributed by atoms with Crippen molar-refractivity contribution >= 4 is 34.5 Å². The van der Waals surface area contributed by atoms with Crippen molar-refractivity contribution in [1.29, 1.82) is 0 Å². The first kappa shape index (κ1) is 11.5. The number of hydrogen-bond donors (Lipinski definition) is 0. The molecule has 0 aromatic heterocycles. The van der Waals surface area contributed by atoms with Crippen LogP contribution in [-0.2, 0) is 4.79 Å². The summed E-state index contributed by atoms with van der Waals surface area (Å²) in [6.07, 6.45) is 0. The average molecular weight is 303 g/mol. The fourth-order valence-electron chi connectivity index (χ4n) is 1.13. The molecule has 0 heterocycles. The number of benzene rings is 1. The summed E-state index contributed by atoms with van der Waals surface area (Å²) in [6.45, 7) is 5.83. The third-order valence-electron chi connectivity index (χ3n) is 2.01. The van der Waals surface area contributed by atoms with Gasteiger partial charge in [-0.15, -0.1) is 0 Å². The summed E-state index contributed by atoms with van der Waals surface area (Å²) in [4.78, 5) is 11.7. The lowest BCUT2D eigenvalue weighted by atomic mass is 10.1. The van der Waals surface area contributed by atoms with Crippen LogP contribution in [0, 0.1) is 12.8 Å². The first-order valence-corrected chi connectivity index (χ1v) is 5.56. The normalized spacial score (nSPS) is 10.4. The zero-order valence-electron chi connectivity index (χ0n) is 8.62. The van der Waals surface area contributed by atoms with Crippen molar-refractivity contribution in [2.75, 3.05) is 3.11 Å². The van der Waals surface area contributed by atoms with Crippen molar-refractivity contribution in [2.24, 2.45) is 5.92 Å². The Morgan fingerprint density at radius 3 is 2.43 bits per heavy atom. The largest absolute Gasteiger partial charge is 0.273 e. The van der Waals surface area contributed by atoms with Gasteiger partial charge in [-0.05, 0) is 18.6 Å². The highest BCUT2D eigenvalue weighted by molar-refractivity contribution is 14.1. The molecule has 0 aliphatic heterocycles. The summed E-state index contributed by atoms with van der Waals surface area (Å²) in [5.41, 5.74) is 2.10. The Balaban J connectivity index is 2.95. The minimum absolute atomic E-state index is 0.0338. The van der Waals surface area contributed by atoms with E-state index in [-0.39, 0.29) is 11.8 Å². The number of rotatable bonds is 2. The van der Waals surface area contributed by atoms with Crippen LogP contribution in [0.1, 0.15) is 19.4 Å². The van der Waals surface area contributed by atoms with Crippen molar-refractivity contribution in [2.45, 2.75) is 20.8 Å². The molecule has 14 heavy (non-hydrogen) atoms. The molecule has 3 heteroatoms. The number of para-hydroxylation sites is 1.